The predicted molar refractivity (Wildman–Crippen MR) is 76.1 cm³/mol. The van der Waals surface area contributed by atoms with Crippen molar-refractivity contribution in [1.29, 1.82) is 0 Å². The molecule has 1 heterocycles. The third kappa shape index (κ3) is 4.49. The third-order valence-corrected chi connectivity index (χ3v) is 3.69. The zero-order valence-electron chi connectivity index (χ0n) is 12.1. The number of anilines is 1. The van der Waals surface area contributed by atoms with Gasteiger partial charge in [-0.05, 0) is 32.7 Å². The van der Waals surface area contributed by atoms with E-state index in [1.54, 1.807) is 0 Å². The van der Waals surface area contributed by atoms with Crippen LogP contribution in [0.25, 0.3) is 0 Å². The minimum Gasteiger partial charge on any atom is -0.406 e. The fourth-order valence-corrected chi connectivity index (χ4v) is 2.51. The number of nitrogens with one attached hydrogen (secondary N) is 2. The number of aromatic nitrogens is 2. The lowest BCUT2D eigenvalue weighted by molar-refractivity contribution is 0.419. The molecule has 1 aromatic heterocycles. The normalized spacial score (nSPS) is 19.1. The van der Waals surface area contributed by atoms with Gasteiger partial charge in [0.2, 0.25) is 5.89 Å². The summed E-state index contributed by atoms with van der Waals surface area (Å²) < 4.78 is 5.69. The summed E-state index contributed by atoms with van der Waals surface area (Å²) in [6, 6.07) is 1.19. The smallest absolute Gasteiger partial charge is 0.315 e. The van der Waals surface area contributed by atoms with Gasteiger partial charge in [-0.25, -0.2) is 0 Å². The average Bonchev–Trinajstić information content (AvgIpc) is 2.73. The molecule has 1 aliphatic carbocycles. The topological polar surface area (TPSA) is 63.0 Å². The second-order valence-electron chi connectivity index (χ2n) is 5.45. The van der Waals surface area contributed by atoms with Gasteiger partial charge in [0.15, 0.2) is 0 Å². The quantitative estimate of drug-likeness (QED) is 0.774. The maximum Gasteiger partial charge on any atom is 0.315 e. The van der Waals surface area contributed by atoms with Crippen molar-refractivity contribution in [3.05, 3.63) is 5.89 Å². The largest absolute Gasteiger partial charge is 0.406 e. The fourth-order valence-electron chi connectivity index (χ4n) is 2.51. The zero-order chi connectivity index (χ0) is 13.5. The summed E-state index contributed by atoms with van der Waals surface area (Å²) in [5.74, 6) is 0.671. The van der Waals surface area contributed by atoms with Crippen LogP contribution in [0.4, 0.5) is 6.01 Å². The van der Waals surface area contributed by atoms with Gasteiger partial charge in [0.25, 0.3) is 0 Å². The Morgan fingerprint density at radius 2 is 1.95 bits per heavy atom. The molecule has 0 spiro atoms. The van der Waals surface area contributed by atoms with Gasteiger partial charge in [0, 0.05) is 6.04 Å². The molecule has 108 valence electrons. The Hall–Kier alpha value is -1.10. The SMILES string of the molecule is CCCNC(C)c1nnc(NC2CCCCCC2)o1. The van der Waals surface area contributed by atoms with Crippen LogP contribution in [0.15, 0.2) is 4.42 Å². The Bertz CT molecular complexity index is 358. The highest BCUT2D eigenvalue weighted by Crippen LogP contribution is 2.21. The number of nitrogens with zero attached hydrogens (tertiary/aromatic N) is 2. The van der Waals surface area contributed by atoms with E-state index in [1.807, 2.05) is 0 Å². The molecule has 2 rings (SSSR count). The van der Waals surface area contributed by atoms with Gasteiger partial charge in [0.1, 0.15) is 0 Å². The summed E-state index contributed by atoms with van der Waals surface area (Å²) in [5, 5.41) is 15.0. The molecular formula is C14H26N4O. The van der Waals surface area contributed by atoms with E-state index in [0.717, 1.165) is 13.0 Å². The van der Waals surface area contributed by atoms with Crippen LogP contribution in [-0.2, 0) is 0 Å². The van der Waals surface area contributed by atoms with Crippen molar-refractivity contribution in [3.63, 3.8) is 0 Å². The molecule has 2 N–H and O–H groups in total. The van der Waals surface area contributed by atoms with Crippen LogP contribution in [0, 0.1) is 0 Å². The van der Waals surface area contributed by atoms with Gasteiger partial charge >= 0.3 is 6.01 Å². The lowest BCUT2D eigenvalue weighted by Gasteiger charge is -2.13. The van der Waals surface area contributed by atoms with E-state index < -0.39 is 0 Å². The Morgan fingerprint density at radius 3 is 2.63 bits per heavy atom. The van der Waals surface area contributed by atoms with E-state index in [9.17, 15) is 0 Å². The zero-order valence-corrected chi connectivity index (χ0v) is 12.1. The molecule has 5 heteroatoms. The van der Waals surface area contributed by atoms with Crippen molar-refractivity contribution in [2.24, 2.45) is 0 Å². The minimum atomic E-state index is 0.122. The Morgan fingerprint density at radius 1 is 1.21 bits per heavy atom. The van der Waals surface area contributed by atoms with Gasteiger partial charge in [-0.3, -0.25) is 0 Å². The van der Waals surface area contributed by atoms with Crippen LogP contribution in [0.5, 0.6) is 0 Å². The van der Waals surface area contributed by atoms with Gasteiger partial charge in [0.05, 0.1) is 6.04 Å². The minimum absolute atomic E-state index is 0.122. The Labute approximate surface area is 115 Å². The third-order valence-electron chi connectivity index (χ3n) is 3.69. The van der Waals surface area contributed by atoms with Crippen molar-refractivity contribution >= 4 is 6.01 Å². The highest BCUT2D eigenvalue weighted by Gasteiger charge is 2.17. The summed E-state index contributed by atoms with van der Waals surface area (Å²) in [6.45, 7) is 5.17. The Balaban J connectivity index is 1.85. The monoisotopic (exact) mass is 266 g/mol. The van der Waals surface area contributed by atoms with Gasteiger partial charge in [-0.2, -0.15) is 0 Å². The summed E-state index contributed by atoms with van der Waals surface area (Å²) >= 11 is 0. The van der Waals surface area contributed by atoms with E-state index >= 15 is 0 Å². The molecular weight excluding hydrogens is 240 g/mol. The van der Waals surface area contributed by atoms with Crippen molar-refractivity contribution in [1.82, 2.24) is 15.5 Å². The fraction of sp³-hybridized carbons (Fsp3) is 0.857. The van der Waals surface area contributed by atoms with Crippen molar-refractivity contribution in [2.75, 3.05) is 11.9 Å². The lowest BCUT2D eigenvalue weighted by Crippen LogP contribution is -2.19. The van der Waals surface area contributed by atoms with Gasteiger partial charge in [-0.15, -0.1) is 5.10 Å². The number of hydrogen-bond acceptors (Lipinski definition) is 5. The van der Waals surface area contributed by atoms with Crippen LogP contribution in [0.1, 0.15) is 70.7 Å². The van der Waals surface area contributed by atoms with E-state index in [0.29, 0.717) is 17.9 Å². The second-order valence-corrected chi connectivity index (χ2v) is 5.45. The lowest BCUT2D eigenvalue weighted by atomic mass is 10.1. The van der Waals surface area contributed by atoms with Crippen LogP contribution < -0.4 is 10.6 Å². The van der Waals surface area contributed by atoms with Gasteiger partial charge < -0.3 is 15.1 Å². The first-order valence-corrected chi connectivity index (χ1v) is 7.63. The first-order valence-electron chi connectivity index (χ1n) is 7.63. The Kier molecular flexibility index (Phi) is 5.63. The van der Waals surface area contributed by atoms with Crippen molar-refractivity contribution < 1.29 is 4.42 Å². The molecule has 0 aliphatic heterocycles. The molecule has 1 saturated carbocycles. The molecule has 19 heavy (non-hydrogen) atoms. The number of rotatable bonds is 6. The molecule has 0 aromatic carbocycles. The van der Waals surface area contributed by atoms with Crippen molar-refractivity contribution in [3.8, 4) is 0 Å². The first kappa shape index (κ1) is 14.3. The molecule has 1 aliphatic rings. The van der Waals surface area contributed by atoms with Crippen molar-refractivity contribution in [2.45, 2.75) is 70.9 Å². The molecule has 5 nitrogen and oxygen atoms in total. The van der Waals surface area contributed by atoms with Crippen LogP contribution in [-0.4, -0.2) is 22.8 Å². The van der Waals surface area contributed by atoms with Crippen LogP contribution >= 0.6 is 0 Å². The maximum atomic E-state index is 5.69. The maximum absolute atomic E-state index is 5.69. The summed E-state index contributed by atoms with van der Waals surface area (Å²) in [5.41, 5.74) is 0. The first-order chi connectivity index (χ1) is 9.29. The van der Waals surface area contributed by atoms with Crippen LogP contribution in [0.2, 0.25) is 0 Å². The molecule has 0 amide bonds. The standard InChI is InChI=1S/C14H26N4O/c1-3-10-15-11(2)13-17-18-14(19-13)16-12-8-6-4-5-7-9-12/h11-12,15H,3-10H2,1-2H3,(H,16,18). The average molecular weight is 266 g/mol. The van der Waals surface area contributed by atoms with E-state index in [2.05, 4.69) is 34.7 Å². The summed E-state index contributed by atoms with van der Waals surface area (Å²) in [4.78, 5) is 0. The predicted octanol–water partition coefficient (Wildman–Crippen LogP) is 3.26. The summed E-state index contributed by atoms with van der Waals surface area (Å²) in [6.07, 6.45) is 8.82. The molecule has 1 aromatic rings. The molecule has 0 saturated heterocycles. The molecule has 1 atom stereocenters. The second kappa shape index (κ2) is 7.48. The number of hydrogen-bond donors (Lipinski definition) is 2. The van der Waals surface area contributed by atoms with Gasteiger partial charge in [-0.1, -0.05) is 37.7 Å². The van der Waals surface area contributed by atoms with Crippen LogP contribution in [0.3, 0.4) is 0 Å². The van der Waals surface area contributed by atoms with E-state index in [1.165, 1.54) is 38.5 Å². The van der Waals surface area contributed by atoms with E-state index in [4.69, 9.17) is 4.42 Å². The highest BCUT2D eigenvalue weighted by atomic mass is 16.4. The molecule has 0 radical (unpaired) electrons. The molecule has 1 fully saturated rings. The van der Waals surface area contributed by atoms with E-state index in [-0.39, 0.29) is 6.04 Å². The summed E-state index contributed by atoms with van der Waals surface area (Å²) in [7, 11) is 0. The molecule has 1 unspecified atom stereocenters. The highest BCUT2D eigenvalue weighted by molar-refractivity contribution is 5.19. The molecule has 0 bridgehead atoms.